The van der Waals surface area contributed by atoms with E-state index in [1.54, 1.807) is 14.2 Å². The SMILES string of the molecule is COc1ccc(C(C)C(C)N)cc1OC. The summed E-state index contributed by atoms with van der Waals surface area (Å²) < 4.78 is 10.4. The lowest BCUT2D eigenvalue weighted by atomic mass is 9.95. The van der Waals surface area contributed by atoms with Crippen LogP contribution in [0, 0.1) is 0 Å². The van der Waals surface area contributed by atoms with Gasteiger partial charge >= 0.3 is 0 Å². The molecule has 0 aliphatic carbocycles. The first-order valence-corrected chi connectivity index (χ1v) is 5.07. The van der Waals surface area contributed by atoms with Gasteiger partial charge in [0.15, 0.2) is 11.5 Å². The average molecular weight is 209 g/mol. The summed E-state index contributed by atoms with van der Waals surface area (Å²) in [4.78, 5) is 0. The standard InChI is InChI=1S/C12H19NO2/c1-8(9(2)13)10-5-6-11(14-3)12(7-10)15-4/h5-9H,13H2,1-4H3. The zero-order valence-electron chi connectivity index (χ0n) is 9.78. The van der Waals surface area contributed by atoms with Gasteiger partial charge in [-0.1, -0.05) is 13.0 Å². The minimum absolute atomic E-state index is 0.128. The molecule has 84 valence electrons. The fourth-order valence-electron chi connectivity index (χ4n) is 1.44. The van der Waals surface area contributed by atoms with Crippen molar-refractivity contribution in [3.05, 3.63) is 23.8 Å². The van der Waals surface area contributed by atoms with Crippen LogP contribution in [-0.2, 0) is 0 Å². The first kappa shape index (κ1) is 11.9. The van der Waals surface area contributed by atoms with Gasteiger partial charge in [0.25, 0.3) is 0 Å². The molecule has 3 heteroatoms. The molecule has 2 N–H and O–H groups in total. The van der Waals surface area contributed by atoms with Gasteiger partial charge in [-0.05, 0) is 30.5 Å². The highest BCUT2D eigenvalue weighted by atomic mass is 16.5. The lowest BCUT2D eigenvalue weighted by Crippen LogP contribution is -2.22. The lowest BCUT2D eigenvalue weighted by Gasteiger charge is -2.17. The third-order valence-electron chi connectivity index (χ3n) is 2.72. The molecular weight excluding hydrogens is 190 g/mol. The number of hydrogen-bond acceptors (Lipinski definition) is 3. The van der Waals surface area contributed by atoms with Crippen LogP contribution in [0.15, 0.2) is 18.2 Å². The van der Waals surface area contributed by atoms with Crippen molar-refractivity contribution in [2.75, 3.05) is 14.2 Å². The Bertz CT molecular complexity index is 323. The van der Waals surface area contributed by atoms with Crippen LogP contribution in [0.4, 0.5) is 0 Å². The smallest absolute Gasteiger partial charge is 0.160 e. The Balaban J connectivity index is 3.02. The van der Waals surface area contributed by atoms with Crippen molar-refractivity contribution < 1.29 is 9.47 Å². The second-order valence-corrected chi connectivity index (χ2v) is 3.76. The van der Waals surface area contributed by atoms with Crippen molar-refractivity contribution in [3.8, 4) is 11.5 Å². The summed E-state index contributed by atoms with van der Waals surface area (Å²) in [5.74, 6) is 1.81. The Hall–Kier alpha value is -1.22. The zero-order valence-corrected chi connectivity index (χ0v) is 9.78. The van der Waals surface area contributed by atoms with Gasteiger partial charge in [0.05, 0.1) is 14.2 Å². The van der Waals surface area contributed by atoms with Gasteiger partial charge in [0.1, 0.15) is 0 Å². The van der Waals surface area contributed by atoms with Crippen molar-refractivity contribution in [1.29, 1.82) is 0 Å². The van der Waals surface area contributed by atoms with E-state index >= 15 is 0 Å². The molecular formula is C12H19NO2. The van der Waals surface area contributed by atoms with Crippen LogP contribution in [0.5, 0.6) is 11.5 Å². The molecule has 2 unspecified atom stereocenters. The molecule has 0 saturated carbocycles. The second kappa shape index (κ2) is 5.03. The number of rotatable bonds is 4. The maximum atomic E-state index is 5.86. The Kier molecular flexibility index (Phi) is 3.97. The van der Waals surface area contributed by atoms with E-state index in [1.807, 2.05) is 25.1 Å². The lowest BCUT2D eigenvalue weighted by molar-refractivity contribution is 0.354. The third kappa shape index (κ3) is 2.63. The topological polar surface area (TPSA) is 44.5 Å². The Labute approximate surface area is 91.2 Å². The highest BCUT2D eigenvalue weighted by Crippen LogP contribution is 2.31. The van der Waals surface area contributed by atoms with Crippen LogP contribution in [0.3, 0.4) is 0 Å². The molecule has 0 saturated heterocycles. The maximum Gasteiger partial charge on any atom is 0.160 e. The normalized spacial score (nSPS) is 14.5. The molecule has 0 aromatic heterocycles. The van der Waals surface area contributed by atoms with E-state index in [-0.39, 0.29) is 6.04 Å². The maximum absolute atomic E-state index is 5.86. The summed E-state index contributed by atoms with van der Waals surface area (Å²) in [6, 6.07) is 6.04. The van der Waals surface area contributed by atoms with E-state index in [4.69, 9.17) is 15.2 Å². The van der Waals surface area contributed by atoms with Gasteiger partial charge in [-0.25, -0.2) is 0 Å². The molecule has 1 rings (SSSR count). The number of hydrogen-bond donors (Lipinski definition) is 1. The van der Waals surface area contributed by atoms with Gasteiger partial charge in [-0.2, -0.15) is 0 Å². The van der Waals surface area contributed by atoms with E-state index in [9.17, 15) is 0 Å². The minimum Gasteiger partial charge on any atom is -0.493 e. The van der Waals surface area contributed by atoms with E-state index < -0.39 is 0 Å². The molecule has 3 nitrogen and oxygen atoms in total. The van der Waals surface area contributed by atoms with Gasteiger partial charge in [-0.3, -0.25) is 0 Å². The van der Waals surface area contributed by atoms with Crippen LogP contribution in [0.25, 0.3) is 0 Å². The third-order valence-corrected chi connectivity index (χ3v) is 2.72. The monoisotopic (exact) mass is 209 g/mol. The first-order valence-electron chi connectivity index (χ1n) is 5.07. The van der Waals surface area contributed by atoms with E-state index in [2.05, 4.69) is 6.92 Å². The van der Waals surface area contributed by atoms with Crippen LogP contribution < -0.4 is 15.2 Å². The molecule has 0 bridgehead atoms. The molecule has 0 fully saturated rings. The quantitative estimate of drug-likeness (QED) is 0.826. The van der Waals surface area contributed by atoms with Crippen LogP contribution in [0.2, 0.25) is 0 Å². The van der Waals surface area contributed by atoms with Gasteiger partial charge < -0.3 is 15.2 Å². The van der Waals surface area contributed by atoms with Crippen LogP contribution in [-0.4, -0.2) is 20.3 Å². The van der Waals surface area contributed by atoms with E-state index in [0.717, 1.165) is 11.5 Å². The number of benzene rings is 1. The highest BCUT2D eigenvalue weighted by molar-refractivity contribution is 5.44. The summed E-state index contributed by atoms with van der Waals surface area (Å²) in [5, 5.41) is 0. The largest absolute Gasteiger partial charge is 0.493 e. The molecule has 0 radical (unpaired) electrons. The second-order valence-electron chi connectivity index (χ2n) is 3.76. The Morgan fingerprint density at radius 2 is 1.67 bits per heavy atom. The van der Waals surface area contributed by atoms with Gasteiger partial charge in [0.2, 0.25) is 0 Å². The summed E-state index contributed by atoms with van der Waals surface area (Å²) in [6.45, 7) is 4.10. The molecule has 0 spiro atoms. The number of nitrogens with two attached hydrogens (primary N) is 1. The van der Waals surface area contributed by atoms with Crippen molar-refractivity contribution >= 4 is 0 Å². The van der Waals surface area contributed by atoms with Crippen molar-refractivity contribution in [1.82, 2.24) is 0 Å². The average Bonchev–Trinajstić information content (AvgIpc) is 2.26. The van der Waals surface area contributed by atoms with Crippen molar-refractivity contribution in [3.63, 3.8) is 0 Å². The van der Waals surface area contributed by atoms with Crippen molar-refractivity contribution in [2.24, 2.45) is 5.73 Å². The zero-order chi connectivity index (χ0) is 11.4. The van der Waals surface area contributed by atoms with E-state index in [1.165, 1.54) is 5.56 Å². The fraction of sp³-hybridized carbons (Fsp3) is 0.500. The highest BCUT2D eigenvalue weighted by Gasteiger charge is 2.13. The summed E-state index contributed by atoms with van der Waals surface area (Å²) in [7, 11) is 3.27. The molecule has 2 atom stereocenters. The van der Waals surface area contributed by atoms with Crippen molar-refractivity contribution in [2.45, 2.75) is 25.8 Å². The fourth-order valence-corrected chi connectivity index (χ4v) is 1.44. The Morgan fingerprint density at radius 3 is 2.13 bits per heavy atom. The van der Waals surface area contributed by atoms with Gasteiger partial charge in [0, 0.05) is 6.04 Å². The van der Waals surface area contributed by atoms with Gasteiger partial charge in [-0.15, -0.1) is 0 Å². The summed E-state index contributed by atoms with van der Waals surface area (Å²) in [6.07, 6.45) is 0. The van der Waals surface area contributed by atoms with Crippen LogP contribution >= 0.6 is 0 Å². The molecule has 1 aromatic carbocycles. The summed E-state index contributed by atoms with van der Waals surface area (Å²) in [5.41, 5.74) is 7.03. The van der Waals surface area contributed by atoms with Crippen LogP contribution in [0.1, 0.15) is 25.3 Å². The molecule has 0 aliphatic heterocycles. The predicted molar refractivity (Wildman–Crippen MR) is 61.6 cm³/mol. The molecule has 1 aromatic rings. The molecule has 0 heterocycles. The Morgan fingerprint density at radius 1 is 1.07 bits per heavy atom. The molecule has 0 aliphatic rings. The molecule has 15 heavy (non-hydrogen) atoms. The molecule has 0 amide bonds. The van der Waals surface area contributed by atoms with E-state index in [0.29, 0.717) is 5.92 Å². The summed E-state index contributed by atoms with van der Waals surface area (Å²) >= 11 is 0. The number of ether oxygens (including phenoxy) is 2. The minimum atomic E-state index is 0.128. The predicted octanol–water partition coefficient (Wildman–Crippen LogP) is 2.15. The first-order chi connectivity index (χ1) is 7.10. The number of methoxy groups -OCH3 is 2.